The Bertz CT molecular complexity index is 1210. The Kier molecular flexibility index (Phi) is 6.09. The molecule has 0 spiro atoms. The number of anilines is 1. The number of halogens is 2. The molecule has 2 N–H and O–H groups in total. The summed E-state index contributed by atoms with van der Waals surface area (Å²) in [5.41, 5.74) is 2.64. The highest BCUT2D eigenvalue weighted by Gasteiger charge is 2.20. The number of likely N-dealkylation sites (N-methyl/N-ethyl adjacent to an activating group) is 1. The van der Waals surface area contributed by atoms with E-state index in [0.717, 1.165) is 18.2 Å². The molecule has 0 atom stereocenters. The summed E-state index contributed by atoms with van der Waals surface area (Å²) < 4.78 is 28.8. The van der Waals surface area contributed by atoms with Crippen LogP contribution < -0.4 is 5.32 Å². The van der Waals surface area contributed by atoms with Crippen LogP contribution in [-0.2, 0) is 6.54 Å². The molecule has 164 valence electrons. The fourth-order valence-corrected chi connectivity index (χ4v) is 3.34. The molecule has 0 radical (unpaired) electrons. The number of rotatable bonds is 7. The first-order chi connectivity index (χ1) is 15.4. The maximum absolute atomic E-state index is 13.5. The van der Waals surface area contributed by atoms with E-state index in [0.29, 0.717) is 23.5 Å². The highest BCUT2D eigenvalue weighted by Crippen LogP contribution is 2.26. The van der Waals surface area contributed by atoms with Gasteiger partial charge in [0.2, 0.25) is 0 Å². The summed E-state index contributed by atoms with van der Waals surface area (Å²) in [5.74, 6) is -1.55. The van der Waals surface area contributed by atoms with Crippen molar-refractivity contribution < 1.29 is 13.6 Å². The van der Waals surface area contributed by atoms with E-state index in [2.05, 4.69) is 20.6 Å². The van der Waals surface area contributed by atoms with Gasteiger partial charge in [-0.15, -0.1) is 0 Å². The van der Waals surface area contributed by atoms with Crippen LogP contribution in [-0.4, -0.2) is 51.4 Å². The summed E-state index contributed by atoms with van der Waals surface area (Å²) in [7, 11) is 3.94. The Morgan fingerprint density at radius 1 is 1.06 bits per heavy atom. The summed E-state index contributed by atoms with van der Waals surface area (Å²) in [6.45, 7) is 1.37. The Morgan fingerprint density at radius 3 is 2.47 bits per heavy atom. The lowest BCUT2D eigenvalue weighted by Gasteiger charge is -2.13. The first-order valence-corrected chi connectivity index (χ1v) is 10.00. The number of amides is 1. The van der Waals surface area contributed by atoms with Crippen molar-refractivity contribution in [2.45, 2.75) is 6.54 Å². The third-order valence-electron chi connectivity index (χ3n) is 4.88. The second kappa shape index (κ2) is 9.11. The van der Waals surface area contributed by atoms with Crippen LogP contribution in [0.15, 0.2) is 60.8 Å². The third-order valence-corrected chi connectivity index (χ3v) is 4.88. The van der Waals surface area contributed by atoms with Crippen LogP contribution in [0.3, 0.4) is 0 Å². The number of H-pyrrole nitrogens is 1. The summed E-state index contributed by atoms with van der Waals surface area (Å²) in [6.07, 6.45) is 1.53. The van der Waals surface area contributed by atoms with Gasteiger partial charge in [0.1, 0.15) is 11.6 Å². The molecule has 4 aromatic rings. The van der Waals surface area contributed by atoms with Crippen LogP contribution in [0.2, 0.25) is 0 Å². The van der Waals surface area contributed by atoms with E-state index in [1.165, 1.54) is 24.4 Å². The molecule has 4 rings (SSSR count). The molecular weight excluding hydrogens is 414 g/mol. The van der Waals surface area contributed by atoms with Gasteiger partial charge in [-0.25, -0.2) is 8.78 Å². The Morgan fingerprint density at radius 2 is 1.78 bits per heavy atom. The quantitative estimate of drug-likeness (QED) is 0.459. The van der Waals surface area contributed by atoms with E-state index in [9.17, 15) is 13.6 Å². The molecule has 1 amide bonds. The highest BCUT2D eigenvalue weighted by molar-refractivity contribution is 6.07. The summed E-state index contributed by atoms with van der Waals surface area (Å²) in [5, 5.41) is 13.9. The zero-order valence-corrected chi connectivity index (χ0v) is 17.6. The van der Waals surface area contributed by atoms with Crippen LogP contribution >= 0.6 is 0 Å². The van der Waals surface area contributed by atoms with Crippen molar-refractivity contribution in [3.05, 3.63) is 78.0 Å². The van der Waals surface area contributed by atoms with Gasteiger partial charge in [-0.1, -0.05) is 30.3 Å². The Balaban J connectivity index is 1.61. The summed E-state index contributed by atoms with van der Waals surface area (Å²) >= 11 is 0. The van der Waals surface area contributed by atoms with Gasteiger partial charge in [0.15, 0.2) is 5.82 Å². The minimum Gasteiger partial charge on any atom is -0.308 e. The van der Waals surface area contributed by atoms with E-state index in [1.54, 1.807) is 4.68 Å². The van der Waals surface area contributed by atoms with Gasteiger partial charge in [0.05, 0.1) is 29.7 Å². The van der Waals surface area contributed by atoms with E-state index < -0.39 is 11.6 Å². The molecule has 0 aliphatic rings. The average Bonchev–Trinajstić information content (AvgIpc) is 3.39. The molecular formula is C23H22F2N6O. The van der Waals surface area contributed by atoms with Crippen LogP contribution in [0.4, 0.5) is 14.6 Å². The largest absolute Gasteiger partial charge is 0.308 e. The van der Waals surface area contributed by atoms with Crippen molar-refractivity contribution in [1.82, 2.24) is 24.9 Å². The fraction of sp³-hybridized carbons (Fsp3) is 0.174. The maximum atomic E-state index is 13.5. The first kappa shape index (κ1) is 21.4. The molecule has 9 heteroatoms. The van der Waals surface area contributed by atoms with Crippen LogP contribution in [0, 0.1) is 11.6 Å². The van der Waals surface area contributed by atoms with Gasteiger partial charge in [-0.2, -0.15) is 10.2 Å². The fourth-order valence-electron chi connectivity index (χ4n) is 3.34. The molecule has 2 heterocycles. The number of carbonyl (C=O) groups excluding carboxylic acids is 1. The number of hydrogen-bond donors (Lipinski definition) is 2. The number of carbonyl (C=O) groups is 1. The Hall–Kier alpha value is -3.85. The molecule has 2 aromatic heterocycles. The van der Waals surface area contributed by atoms with Crippen molar-refractivity contribution in [3.63, 3.8) is 0 Å². The normalized spacial score (nSPS) is 11.2. The van der Waals surface area contributed by atoms with E-state index in [4.69, 9.17) is 0 Å². The third kappa shape index (κ3) is 4.73. The monoisotopic (exact) mass is 436 g/mol. The molecule has 0 bridgehead atoms. The molecule has 0 fully saturated rings. The van der Waals surface area contributed by atoms with E-state index in [-0.39, 0.29) is 17.3 Å². The molecule has 0 saturated heterocycles. The van der Waals surface area contributed by atoms with Crippen molar-refractivity contribution >= 4 is 11.7 Å². The molecule has 7 nitrogen and oxygen atoms in total. The first-order valence-electron chi connectivity index (χ1n) is 10.00. The second-order valence-corrected chi connectivity index (χ2v) is 7.58. The average molecular weight is 436 g/mol. The number of benzene rings is 2. The summed E-state index contributed by atoms with van der Waals surface area (Å²) in [4.78, 5) is 15.1. The van der Waals surface area contributed by atoms with E-state index >= 15 is 0 Å². The smallest absolute Gasteiger partial charge is 0.260 e. The Labute approximate surface area is 183 Å². The second-order valence-electron chi connectivity index (χ2n) is 7.58. The minimum absolute atomic E-state index is 0.231. The van der Waals surface area contributed by atoms with Crippen LogP contribution in [0.1, 0.15) is 10.4 Å². The van der Waals surface area contributed by atoms with Gasteiger partial charge in [-0.3, -0.25) is 14.6 Å². The lowest BCUT2D eigenvalue weighted by atomic mass is 10.1. The molecule has 0 unspecified atom stereocenters. The molecule has 0 saturated carbocycles. The zero-order chi connectivity index (χ0) is 22.7. The highest BCUT2D eigenvalue weighted by atomic mass is 19.1. The SMILES string of the molecule is CN(C)CCn1ncc(C(=O)Nc2cc(-c3cc(F)cc(F)c3)[nH]n2)c1-c1ccccc1. The van der Waals surface area contributed by atoms with Crippen molar-refractivity contribution in [1.29, 1.82) is 0 Å². The lowest BCUT2D eigenvalue weighted by Crippen LogP contribution is -2.20. The predicted octanol–water partition coefficient (Wildman–Crippen LogP) is 4.03. The summed E-state index contributed by atoms with van der Waals surface area (Å²) in [6, 6.07) is 14.2. The van der Waals surface area contributed by atoms with Crippen molar-refractivity contribution in [2.24, 2.45) is 0 Å². The van der Waals surface area contributed by atoms with E-state index in [1.807, 2.05) is 49.3 Å². The number of hydrogen-bond acceptors (Lipinski definition) is 4. The zero-order valence-electron chi connectivity index (χ0n) is 17.6. The van der Waals surface area contributed by atoms with Crippen LogP contribution in [0.5, 0.6) is 0 Å². The van der Waals surface area contributed by atoms with Crippen LogP contribution in [0.25, 0.3) is 22.5 Å². The topological polar surface area (TPSA) is 78.8 Å². The molecule has 32 heavy (non-hydrogen) atoms. The van der Waals surface area contributed by atoms with Gasteiger partial charge < -0.3 is 10.2 Å². The van der Waals surface area contributed by atoms with Gasteiger partial charge >= 0.3 is 0 Å². The number of nitrogens with one attached hydrogen (secondary N) is 2. The number of nitrogens with zero attached hydrogens (tertiary/aromatic N) is 4. The van der Waals surface area contributed by atoms with Gasteiger partial charge in [-0.05, 0) is 26.2 Å². The molecule has 0 aliphatic heterocycles. The number of aromatic amines is 1. The van der Waals surface area contributed by atoms with Crippen molar-refractivity contribution in [3.8, 4) is 22.5 Å². The van der Waals surface area contributed by atoms with Gasteiger partial charge in [0.25, 0.3) is 5.91 Å². The predicted molar refractivity (Wildman–Crippen MR) is 118 cm³/mol. The van der Waals surface area contributed by atoms with Gasteiger partial charge in [0, 0.05) is 29.8 Å². The standard InChI is InChI=1S/C23H22F2N6O/c1-30(2)8-9-31-22(15-6-4-3-5-7-15)19(14-26-31)23(32)27-21-13-20(28-29-21)16-10-17(24)12-18(25)11-16/h3-7,10-14H,8-9H2,1-2H3,(H2,27,28,29,32). The minimum atomic E-state index is -0.696. The maximum Gasteiger partial charge on any atom is 0.260 e. The lowest BCUT2D eigenvalue weighted by molar-refractivity contribution is 0.102. The molecule has 0 aliphatic carbocycles. The van der Waals surface area contributed by atoms with Crippen molar-refractivity contribution in [2.75, 3.05) is 26.0 Å². The molecule has 2 aromatic carbocycles. The number of aromatic nitrogens is 4.